The van der Waals surface area contributed by atoms with Gasteiger partial charge in [0.15, 0.2) is 0 Å². The Morgan fingerprint density at radius 1 is 1.54 bits per heavy atom. The molecule has 13 heavy (non-hydrogen) atoms. The molecule has 0 saturated carbocycles. The molecule has 0 saturated heterocycles. The van der Waals surface area contributed by atoms with Crippen LogP contribution in [0, 0.1) is 0 Å². The molecule has 0 unspecified atom stereocenters. The fraction of sp³-hybridized carbons (Fsp3) is 0.300. The molecule has 0 aromatic carbocycles. The summed E-state index contributed by atoms with van der Waals surface area (Å²) >= 11 is 0. The van der Waals surface area contributed by atoms with Crippen LogP contribution in [0.5, 0.6) is 5.75 Å². The van der Waals surface area contributed by atoms with E-state index in [2.05, 4.69) is 4.98 Å². The van der Waals surface area contributed by atoms with Gasteiger partial charge in [-0.15, -0.1) is 0 Å². The summed E-state index contributed by atoms with van der Waals surface area (Å²) in [6.07, 6.45) is 6.08. The van der Waals surface area contributed by atoms with Crippen molar-refractivity contribution in [1.29, 1.82) is 0 Å². The molecule has 0 fully saturated rings. The Morgan fingerprint density at radius 3 is 2.92 bits per heavy atom. The maximum absolute atomic E-state index is 8.53. The number of hydrogen-bond donors (Lipinski definition) is 1. The predicted molar refractivity (Wildman–Crippen MR) is 51.5 cm³/mol. The first-order chi connectivity index (χ1) is 6.36. The summed E-state index contributed by atoms with van der Waals surface area (Å²) in [4.78, 5) is 4.13. The molecule has 1 aromatic rings. The van der Waals surface area contributed by atoms with Crippen LogP contribution >= 0.6 is 0 Å². The van der Waals surface area contributed by atoms with E-state index in [0.717, 1.165) is 11.4 Å². The van der Waals surface area contributed by atoms with Crippen molar-refractivity contribution in [1.82, 2.24) is 4.98 Å². The molecular weight excluding hydrogens is 166 g/mol. The van der Waals surface area contributed by atoms with Crippen molar-refractivity contribution in [3.05, 3.63) is 30.1 Å². The molecule has 0 aliphatic heterocycles. The summed E-state index contributed by atoms with van der Waals surface area (Å²) in [5.41, 5.74) is 0.870. The lowest BCUT2D eigenvalue weighted by Gasteiger charge is -1.97. The molecule has 0 amide bonds. The molecule has 0 radical (unpaired) electrons. The third-order valence-corrected chi connectivity index (χ3v) is 1.58. The quantitative estimate of drug-likeness (QED) is 0.761. The molecule has 1 aromatic heterocycles. The third kappa shape index (κ3) is 3.25. The Labute approximate surface area is 77.7 Å². The topological polar surface area (TPSA) is 42.4 Å². The van der Waals surface area contributed by atoms with Gasteiger partial charge in [0.2, 0.25) is 0 Å². The second-order valence-corrected chi connectivity index (χ2v) is 2.54. The van der Waals surface area contributed by atoms with Crippen molar-refractivity contribution in [2.75, 3.05) is 13.7 Å². The normalized spacial score (nSPS) is 10.6. The first-order valence-corrected chi connectivity index (χ1v) is 4.14. The molecule has 70 valence electrons. The van der Waals surface area contributed by atoms with Crippen LogP contribution in [-0.4, -0.2) is 23.8 Å². The predicted octanol–water partition coefficient (Wildman–Crippen LogP) is 1.49. The van der Waals surface area contributed by atoms with Crippen LogP contribution in [0.1, 0.15) is 12.1 Å². The van der Waals surface area contributed by atoms with Crippen molar-refractivity contribution in [3.63, 3.8) is 0 Å². The molecule has 0 bridgehead atoms. The zero-order valence-electron chi connectivity index (χ0n) is 7.60. The number of pyridine rings is 1. The SMILES string of the molecule is COc1ccc(C=CCCO)nc1. The monoisotopic (exact) mass is 179 g/mol. The summed E-state index contributed by atoms with van der Waals surface area (Å²) in [5.74, 6) is 0.749. The Kier molecular flexibility index (Phi) is 3.99. The van der Waals surface area contributed by atoms with Gasteiger partial charge in [-0.25, -0.2) is 0 Å². The van der Waals surface area contributed by atoms with E-state index < -0.39 is 0 Å². The summed E-state index contributed by atoms with van der Waals surface area (Å²) in [6.45, 7) is 0.173. The van der Waals surface area contributed by atoms with E-state index in [1.165, 1.54) is 0 Å². The Morgan fingerprint density at radius 2 is 2.38 bits per heavy atom. The molecule has 0 aliphatic carbocycles. The largest absolute Gasteiger partial charge is 0.495 e. The first-order valence-electron chi connectivity index (χ1n) is 4.14. The summed E-state index contributed by atoms with van der Waals surface area (Å²) in [7, 11) is 1.61. The van der Waals surface area contributed by atoms with Crippen LogP contribution in [0.25, 0.3) is 6.08 Å². The molecular formula is C10H13NO2. The van der Waals surface area contributed by atoms with Gasteiger partial charge in [0.1, 0.15) is 5.75 Å². The second-order valence-electron chi connectivity index (χ2n) is 2.54. The number of nitrogens with zero attached hydrogens (tertiary/aromatic N) is 1. The number of rotatable bonds is 4. The van der Waals surface area contributed by atoms with Gasteiger partial charge in [-0.2, -0.15) is 0 Å². The van der Waals surface area contributed by atoms with E-state index in [9.17, 15) is 0 Å². The fourth-order valence-electron chi connectivity index (χ4n) is 0.890. The summed E-state index contributed by atoms with van der Waals surface area (Å²) < 4.78 is 4.97. The van der Waals surface area contributed by atoms with Gasteiger partial charge in [0.05, 0.1) is 19.0 Å². The number of methoxy groups -OCH3 is 1. The average Bonchev–Trinajstić information content (AvgIpc) is 2.19. The van der Waals surface area contributed by atoms with Crippen molar-refractivity contribution < 1.29 is 9.84 Å². The molecule has 0 atom stereocenters. The van der Waals surface area contributed by atoms with Gasteiger partial charge in [0, 0.05) is 6.61 Å². The van der Waals surface area contributed by atoms with E-state index in [4.69, 9.17) is 9.84 Å². The van der Waals surface area contributed by atoms with Crippen LogP contribution in [0.15, 0.2) is 24.4 Å². The summed E-state index contributed by atoms with van der Waals surface area (Å²) in [5, 5.41) is 8.53. The van der Waals surface area contributed by atoms with E-state index in [0.29, 0.717) is 6.42 Å². The molecule has 1 heterocycles. The number of aliphatic hydroxyl groups is 1. The van der Waals surface area contributed by atoms with Crippen LogP contribution in [-0.2, 0) is 0 Å². The minimum absolute atomic E-state index is 0.173. The lowest BCUT2D eigenvalue weighted by atomic mass is 10.3. The standard InChI is InChI=1S/C10H13NO2/c1-13-10-6-5-9(11-8-10)4-2-3-7-12/h2,4-6,8,12H,3,7H2,1H3. The molecule has 0 spiro atoms. The second kappa shape index (κ2) is 5.32. The lowest BCUT2D eigenvalue weighted by Crippen LogP contribution is -1.85. The Bertz CT molecular complexity index is 267. The van der Waals surface area contributed by atoms with Crippen LogP contribution in [0.4, 0.5) is 0 Å². The van der Waals surface area contributed by atoms with Crippen LogP contribution < -0.4 is 4.74 Å². The Balaban J connectivity index is 2.58. The van der Waals surface area contributed by atoms with Crippen LogP contribution in [0.2, 0.25) is 0 Å². The van der Waals surface area contributed by atoms with Crippen molar-refractivity contribution in [2.24, 2.45) is 0 Å². The number of hydrogen-bond acceptors (Lipinski definition) is 3. The van der Waals surface area contributed by atoms with Gasteiger partial charge >= 0.3 is 0 Å². The minimum Gasteiger partial charge on any atom is -0.495 e. The molecule has 0 aliphatic rings. The molecule has 1 N–H and O–H groups in total. The number of aliphatic hydroxyl groups excluding tert-OH is 1. The third-order valence-electron chi connectivity index (χ3n) is 1.58. The van der Waals surface area contributed by atoms with Crippen molar-refractivity contribution in [3.8, 4) is 5.75 Å². The number of ether oxygens (including phenoxy) is 1. The van der Waals surface area contributed by atoms with Gasteiger partial charge in [0.25, 0.3) is 0 Å². The van der Waals surface area contributed by atoms with Gasteiger partial charge in [-0.05, 0) is 24.6 Å². The highest BCUT2D eigenvalue weighted by Gasteiger charge is 1.90. The van der Waals surface area contributed by atoms with E-state index in [1.807, 2.05) is 24.3 Å². The van der Waals surface area contributed by atoms with E-state index in [1.54, 1.807) is 13.3 Å². The fourth-order valence-corrected chi connectivity index (χ4v) is 0.890. The van der Waals surface area contributed by atoms with Gasteiger partial charge in [-0.3, -0.25) is 4.98 Å². The maximum atomic E-state index is 8.53. The highest BCUT2D eigenvalue weighted by Crippen LogP contribution is 2.08. The molecule has 1 rings (SSSR count). The Hall–Kier alpha value is -1.35. The highest BCUT2D eigenvalue weighted by atomic mass is 16.5. The lowest BCUT2D eigenvalue weighted by molar-refractivity contribution is 0.303. The zero-order chi connectivity index (χ0) is 9.52. The van der Waals surface area contributed by atoms with Crippen molar-refractivity contribution in [2.45, 2.75) is 6.42 Å². The minimum atomic E-state index is 0.173. The number of aromatic nitrogens is 1. The molecule has 3 nitrogen and oxygen atoms in total. The zero-order valence-corrected chi connectivity index (χ0v) is 7.60. The summed E-state index contributed by atoms with van der Waals surface area (Å²) in [6, 6.07) is 3.72. The first kappa shape index (κ1) is 9.74. The van der Waals surface area contributed by atoms with Crippen LogP contribution in [0.3, 0.4) is 0 Å². The van der Waals surface area contributed by atoms with E-state index in [-0.39, 0.29) is 6.61 Å². The highest BCUT2D eigenvalue weighted by molar-refractivity contribution is 5.45. The van der Waals surface area contributed by atoms with Crippen molar-refractivity contribution >= 4 is 6.08 Å². The molecule has 3 heteroatoms. The van der Waals surface area contributed by atoms with E-state index >= 15 is 0 Å². The average molecular weight is 179 g/mol. The smallest absolute Gasteiger partial charge is 0.137 e. The van der Waals surface area contributed by atoms with Gasteiger partial charge < -0.3 is 9.84 Å². The van der Waals surface area contributed by atoms with Gasteiger partial charge in [-0.1, -0.05) is 6.08 Å². The maximum Gasteiger partial charge on any atom is 0.137 e.